The second kappa shape index (κ2) is 6.91. The molecule has 1 fully saturated rings. The number of carbonyl (C=O) groups is 1. The van der Waals surface area contributed by atoms with Crippen LogP contribution in [0.4, 0.5) is 0 Å². The zero-order chi connectivity index (χ0) is 14.5. The van der Waals surface area contributed by atoms with Crippen LogP contribution in [0.3, 0.4) is 0 Å². The van der Waals surface area contributed by atoms with Crippen LogP contribution in [0, 0.1) is 5.92 Å². The summed E-state index contributed by atoms with van der Waals surface area (Å²) in [6.07, 6.45) is 3.29. The van der Waals surface area contributed by atoms with Gasteiger partial charge in [-0.1, -0.05) is 6.07 Å². The van der Waals surface area contributed by atoms with Crippen molar-refractivity contribution in [2.45, 2.75) is 25.9 Å². The Bertz CT molecular complexity index is 508. The predicted molar refractivity (Wildman–Crippen MR) is 80.8 cm³/mol. The Morgan fingerprint density at radius 2 is 2.10 bits per heavy atom. The molecule has 0 N–H and O–H groups in total. The average Bonchev–Trinajstić information content (AvgIpc) is 3.20. The number of hydrogen-bond acceptors (Lipinski definition) is 4. The molecule has 5 heteroatoms. The van der Waals surface area contributed by atoms with Gasteiger partial charge in [-0.25, -0.2) is 0 Å². The summed E-state index contributed by atoms with van der Waals surface area (Å²) in [5.41, 5.74) is 0. The molecule has 2 aromatic heterocycles. The summed E-state index contributed by atoms with van der Waals surface area (Å²) in [5, 5.41) is 2.04. The second-order valence-electron chi connectivity index (χ2n) is 5.24. The minimum absolute atomic E-state index is 0.0775. The highest BCUT2D eigenvalue weighted by molar-refractivity contribution is 7.09. The van der Waals surface area contributed by atoms with Crippen molar-refractivity contribution in [2.75, 3.05) is 13.2 Å². The fraction of sp³-hybridized carbons (Fsp3) is 0.438. The minimum atomic E-state index is 0.0775. The van der Waals surface area contributed by atoms with E-state index in [0.717, 1.165) is 18.6 Å². The lowest BCUT2D eigenvalue weighted by Crippen LogP contribution is -2.37. The molecule has 0 bridgehead atoms. The maximum atomic E-state index is 12.8. The maximum Gasteiger partial charge on any atom is 0.226 e. The Morgan fingerprint density at radius 3 is 2.76 bits per heavy atom. The molecule has 112 valence electrons. The van der Waals surface area contributed by atoms with E-state index in [0.29, 0.717) is 26.3 Å². The van der Waals surface area contributed by atoms with Gasteiger partial charge >= 0.3 is 0 Å². The number of furan rings is 1. The molecule has 3 heterocycles. The van der Waals surface area contributed by atoms with Crippen molar-refractivity contribution in [1.82, 2.24) is 4.90 Å². The topological polar surface area (TPSA) is 42.7 Å². The summed E-state index contributed by atoms with van der Waals surface area (Å²) in [7, 11) is 0. The highest BCUT2D eigenvalue weighted by atomic mass is 32.1. The van der Waals surface area contributed by atoms with Gasteiger partial charge in [-0.15, -0.1) is 11.3 Å². The van der Waals surface area contributed by atoms with Crippen LogP contribution >= 0.6 is 11.3 Å². The summed E-state index contributed by atoms with van der Waals surface area (Å²) in [4.78, 5) is 15.9. The third-order valence-corrected chi connectivity index (χ3v) is 4.60. The van der Waals surface area contributed by atoms with Crippen LogP contribution in [-0.2, 0) is 22.6 Å². The van der Waals surface area contributed by atoms with E-state index in [1.165, 1.54) is 4.88 Å². The first-order valence-corrected chi connectivity index (χ1v) is 8.12. The van der Waals surface area contributed by atoms with Crippen LogP contribution < -0.4 is 0 Å². The van der Waals surface area contributed by atoms with Gasteiger partial charge in [0, 0.05) is 24.0 Å². The highest BCUT2D eigenvalue weighted by Crippen LogP contribution is 2.22. The summed E-state index contributed by atoms with van der Waals surface area (Å²) >= 11 is 1.68. The number of carbonyl (C=O) groups excluding carboxylic acids is 1. The van der Waals surface area contributed by atoms with E-state index in [1.807, 2.05) is 28.5 Å². The highest BCUT2D eigenvalue weighted by Gasteiger charge is 2.27. The maximum absolute atomic E-state index is 12.8. The molecule has 1 aliphatic heterocycles. The van der Waals surface area contributed by atoms with Crippen molar-refractivity contribution in [2.24, 2.45) is 5.92 Å². The first-order chi connectivity index (χ1) is 10.3. The van der Waals surface area contributed by atoms with Gasteiger partial charge in [0.15, 0.2) is 0 Å². The van der Waals surface area contributed by atoms with E-state index >= 15 is 0 Å². The molecular formula is C16H19NO3S. The van der Waals surface area contributed by atoms with Crippen molar-refractivity contribution >= 4 is 17.2 Å². The molecule has 3 rings (SSSR count). The molecule has 0 aliphatic carbocycles. The minimum Gasteiger partial charge on any atom is -0.467 e. The molecule has 1 amide bonds. The fourth-order valence-corrected chi connectivity index (χ4v) is 3.32. The monoisotopic (exact) mass is 305 g/mol. The molecule has 0 unspecified atom stereocenters. The molecule has 0 saturated carbocycles. The first-order valence-electron chi connectivity index (χ1n) is 7.24. The molecule has 0 radical (unpaired) electrons. The Balaban J connectivity index is 1.72. The Hall–Kier alpha value is -1.59. The molecule has 21 heavy (non-hydrogen) atoms. The summed E-state index contributed by atoms with van der Waals surface area (Å²) in [5.74, 6) is 1.11. The predicted octanol–water partition coefficient (Wildman–Crippen LogP) is 3.30. The van der Waals surface area contributed by atoms with Crippen molar-refractivity contribution < 1.29 is 13.9 Å². The number of ether oxygens (including phenoxy) is 1. The van der Waals surface area contributed by atoms with E-state index in [9.17, 15) is 4.79 Å². The van der Waals surface area contributed by atoms with Gasteiger partial charge in [0.25, 0.3) is 0 Å². The molecule has 0 spiro atoms. The van der Waals surface area contributed by atoms with Crippen LogP contribution in [0.2, 0.25) is 0 Å². The number of hydrogen-bond donors (Lipinski definition) is 0. The van der Waals surface area contributed by atoms with Crippen LogP contribution in [0.25, 0.3) is 0 Å². The number of rotatable bonds is 5. The fourth-order valence-electron chi connectivity index (χ4n) is 2.60. The molecule has 4 nitrogen and oxygen atoms in total. The van der Waals surface area contributed by atoms with E-state index in [4.69, 9.17) is 9.15 Å². The third-order valence-electron chi connectivity index (χ3n) is 3.74. The molecule has 2 aromatic rings. The molecule has 1 aliphatic rings. The van der Waals surface area contributed by atoms with Crippen LogP contribution in [0.1, 0.15) is 23.5 Å². The third kappa shape index (κ3) is 3.74. The molecule has 1 saturated heterocycles. The standard InChI is InChI=1S/C16H19NO3S/c18-16(13-5-8-19-9-6-13)17(11-14-3-1-7-20-14)12-15-4-2-10-21-15/h1-4,7,10,13H,5-6,8-9,11-12H2. The van der Waals surface area contributed by atoms with Gasteiger partial charge in [0.2, 0.25) is 5.91 Å². The van der Waals surface area contributed by atoms with Crippen molar-refractivity contribution in [3.63, 3.8) is 0 Å². The van der Waals surface area contributed by atoms with Gasteiger partial charge < -0.3 is 14.1 Å². The Kier molecular flexibility index (Phi) is 4.72. The largest absolute Gasteiger partial charge is 0.467 e. The molecule has 0 aromatic carbocycles. The summed E-state index contributed by atoms with van der Waals surface area (Å²) < 4.78 is 10.8. The zero-order valence-electron chi connectivity index (χ0n) is 11.9. The Labute approximate surface area is 128 Å². The second-order valence-corrected chi connectivity index (χ2v) is 6.27. The van der Waals surface area contributed by atoms with Crippen LogP contribution in [0.15, 0.2) is 40.3 Å². The summed E-state index contributed by atoms with van der Waals surface area (Å²) in [6, 6.07) is 7.86. The SMILES string of the molecule is O=C(C1CCOCC1)N(Cc1ccco1)Cc1cccs1. The van der Waals surface area contributed by atoms with Crippen molar-refractivity contribution in [3.8, 4) is 0 Å². The van der Waals surface area contributed by atoms with E-state index in [1.54, 1.807) is 17.6 Å². The molecular weight excluding hydrogens is 286 g/mol. The Morgan fingerprint density at radius 1 is 1.24 bits per heavy atom. The van der Waals surface area contributed by atoms with E-state index < -0.39 is 0 Å². The quantitative estimate of drug-likeness (QED) is 0.851. The first kappa shape index (κ1) is 14.4. The normalized spacial score (nSPS) is 16.0. The van der Waals surface area contributed by atoms with Gasteiger partial charge in [-0.3, -0.25) is 4.79 Å². The van der Waals surface area contributed by atoms with Gasteiger partial charge in [0.1, 0.15) is 5.76 Å². The summed E-state index contributed by atoms with van der Waals surface area (Å²) in [6.45, 7) is 2.55. The van der Waals surface area contributed by atoms with Crippen LogP contribution in [-0.4, -0.2) is 24.0 Å². The lowest BCUT2D eigenvalue weighted by molar-refractivity contribution is -0.140. The lowest BCUT2D eigenvalue weighted by atomic mass is 9.98. The van der Waals surface area contributed by atoms with E-state index in [-0.39, 0.29) is 11.8 Å². The number of nitrogens with zero attached hydrogens (tertiary/aromatic N) is 1. The van der Waals surface area contributed by atoms with E-state index in [2.05, 4.69) is 6.07 Å². The average molecular weight is 305 g/mol. The molecule has 0 atom stereocenters. The van der Waals surface area contributed by atoms with Crippen molar-refractivity contribution in [1.29, 1.82) is 0 Å². The number of thiophene rings is 1. The van der Waals surface area contributed by atoms with Crippen LogP contribution in [0.5, 0.6) is 0 Å². The van der Waals surface area contributed by atoms with Gasteiger partial charge in [-0.05, 0) is 36.4 Å². The lowest BCUT2D eigenvalue weighted by Gasteiger charge is -2.28. The van der Waals surface area contributed by atoms with Gasteiger partial charge in [-0.2, -0.15) is 0 Å². The zero-order valence-corrected chi connectivity index (χ0v) is 12.7. The smallest absolute Gasteiger partial charge is 0.226 e. The number of amides is 1. The van der Waals surface area contributed by atoms with Crippen molar-refractivity contribution in [3.05, 3.63) is 46.5 Å². The van der Waals surface area contributed by atoms with Gasteiger partial charge in [0.05, 0.1) is 19.4 Å².